The van der Waals surface area contributed by atoms with Crippen LogP contribution in [0, 0.1) is 0 Å². The summed E-state index contributed by atoms with van der Waals surface area (Å²) in [6.07, 6.45) is 0. The van der Waals surface area contributed by atoms with Gasteiger partial charge in [-0.3, -0.25) is 0 Å². The first kappa shape index (κ1) is 14.1. The lowest BCUT2D eigenvalue weighted by atomic mass is 10.0. The van der Waals surface area contributed by atoms with Gasteiger partial charge >= 0.3 is 0 Å². The zero-order chi connectivity index (χ0) is 15.0. The van der Waals surface area contributed by atoms with E-state index in [9.17, 15) is 8.42 Å². The summed E-state index contributed by atoms with van der Waals surface area (Å²) < 4.78 is 24.3. The van der Waals surface area contributed by atoms with E-state index in [2.05, 4.69) is 31.3 Å². The van der Waals surface area contributed by atoms with Crippen molar-refractivity contribution in [3.63, 3.8) is 0 Å². The topological polar surface area (TPSA) is 46.2 Å². The summed E-state index contributed by atoms with van der Waals surface area (Å²) in [7, 11) is -3.16. The van der Waals surface area contributed by atoms with Crippen molar-refractivity contribution in [3.05, 3.63) is 59.7 Å². The van der Waals surface area contributed by atoms with Crippen molar-refractivity contribution >= 4 is 15.5 Å². The van der Waals surface area contributed by atoms with Gasteiger partial charge in [0, 0.05) is 5.69 Å². The normalized spacial score (nSPS) is 19.5. The summed E-state index contributed by atoms with van der Waals surface area (Å²) in [5.74, 6) is 0.616. The second kappa shape index (κ2) is 5.19. The molecule has 0 amide bonds. The van der Waals surface area contributed by atoms with Crippen molar-refractivity contribution < 1.29 is 8.42 Å². The van der Waals surface area contributed by atoms with Crippen LogP contribution >= 0.6 is 0 Å². The molecule has 110 valence electrons. The lowest BCUT2D eigenvalue weighted by Gasteiger charge is -2.15. The van der Waals surface area contributed by atoms with Gasteiger partial charge in [-0.2, -0.15) is 0 Å². The lowest BCUT2D eigenvalue weighted by Crippen LogP contribution is -2.12. The van der Waals surface area contributed by atoms with Crippen LogP contribution < -0.4 is 5.32 Å². The number of rotatable bonds is 3. The molecule has 0 radical (unpaired) electrons. The summed E-state index contributed by atoms with van der Waals surface area (Å²) in [6, 6.07) is 15.3. The first-order valence-corrected chi connectivity index (χ1v) is 8.81. The van der Waals surface area contributed by atoms with Crippen molar-refractivity contribution in [3.8, 4) is 0 Å². The van der Waals surface area contributed by atoms with E-state index in [4.69, 9.17) is 0 Å². The highest BCUT2D eigenvalue weighted by Gasteiger charge is 2.34. The molecule has 1 atom stereocenters. The van der Waals surface area contributed by atoms with Gasteiger partial charge in [0.1, 0.15) is 0 Å². The Hall–Kier alpha value is -1.81. The third kappa shape index (κ3) is 2.68. The van der Waals surface area contributed by atoms with Crippen LogP contribution in [0.4, 0.5) is 5.69 Å². The molecule has 1 heterocycles. The second-order valence-corrected chi connectivity index (χ2v) is 7.80. The average molecular weight is 301 g/mol. The predicted molar refractivity (Wildman–Crippen MR) is 85.4 cm³/mol. The Morgan fingerprint density at radius 2 is 1.71 bits per heavy atom. The molecule has 1 unspecified atom stereocenters. The molecule has 2 aromatic rings. The minimum Gasteiger partial charge on any atom is -0.377 e. The van der Waals surface area contributed by atoms with Crippen LogP contribution in [-0.4, -0.2) is 14.2 Å². The average Bonchev–Trinajstić information content (AvgIpc) is 2.71. The summed E-state index contributed by atoms with van der Waals surface area (Å²) in [5.41, 5.74) is 3.10. The van der Waals surface area contributed by atoms with Gasteiger partial charge in [0.2, 0.25) is 0 Å². The highest BCUT2D eigenvalue weighted by atomic mass is 32.2. The molecule has 0 fully saturated rings. The van der Waals surface area contributed by atoms with Gasteiger partial charge in [-0.1, -0.05) is 44.2 Å². The molecule has 0 spiro atoms. The van der Waals surface area contributed by atoms with Gasteiger partial charge in [0.25, 0.3) is 0 Å². The molecule has 1 aliphatic rings. The fourth-order valence-electron chi connectivity index (χ4n) is 2.74. The summed E-state index contributed by atoms with van der Waals surface area (Å²) >= 11 is 0. The van der Waals surface area contributed by atoms with Crippen LogP contribution in [0.5, 0.6) is 0 Å². The molecule has 0 aromatic heterocycles. The summed E-state index contributed by atoms with van der Waals surface area (Å²) in [5, 5.41) is 3.34. The summed E-state index contributed by atoms with van der Waals surface area (Å²) in [4.78, 5) is 0.460. The predicted octanol–water partition coefficient (Wildman–Crippen LogP) is 3.75. The van der Waals surface area contributed by atoms with Gasteiger partial charge in [0.05, 0.1) is 16.7 Å². The number of nitrogens with one attached hydrogen (secondary N) is 1. The van der Waals surface area contributed by atoms with Crippen LogP contribution in [0.25, 0.3) is 0 Å². The molecule has 0 aliphatic carbocycles. The van der Waals surface area contributed by atoms with Crippen LogP contribution in [-0.2, 0) is 9.84 Å². The fourth-order valence-corrected chi connectivity index (χ4v) is 4.47. The van der Waals surface area contributed by atoms with Crippen molar-refractivity contribution in [1.82, 2.24) is 0 Å². The number of hydrogen-bond acceptors (Lipinski definition) is 3. The number of hydrogen-bond donors (Lipinski definition) is 1. The Bertz CT molecular complexity index is 749. The molecule has 0 bridgehead atoms. The van der Waals surface area contributed by atoms with Crippen molar-refractivity contribution in [2.45, 2.75) is 30.7 Å². The molecular formula is C17H19NO2S. The maximum atomic E-state index is 12.2. The minimum absolute atomic E-state index is 0.123. The molecule has 1 aliphatic heterocycles. The van der Waals surface area contributed by atoms with Gasteiger partial charge in [-0.25, -0.2) is 8.42 Å². The van der Waals surface area contributed by atoms with E-state index in [1.807, 2.05) is 24.3 Å². The standard InChI is InChI=1S/C17H19NO2S/c1-12(2)13-7-9-14(10-8-13)18-16-11-21(19,20)17-6-4-3-5-15(16)17/h3-10,12,16,18H,11H2,1-2H3. The molecule has 21 heavy (non-hydrogen) atoms. The third-order valence-electron chi connectivity index (χ3n) is 3.93. The molecule has 3 nitrogen and oxygen atoms in total. The van der Waals surface area contributed by atoms with Crippen LogP contribution in [0.2, 0.25) is 0 Å². The van der Waals surface area contributed by atoms with Crippen LogP contribution in [0.15, 0.2) is 53.4 Å². The molecule has 4 heteroatoms. The Balaban J connectivity index is 1.87. The molecule has 0 saturated heterocycles. The molecule has 3 rings (SSSR count). The Morgan fingerprint density at radius 1 is 1.05 bits per heavy atom. The fraction of sp³-hybridized carbons (Fsp3) is 0.294. The minimum atomic E-state index is -3.16. The number of benzene rings is 2. The highest BCUT2D eigenvalue weighted by Crippen LogP contribution is 2.35. The van der Waals surface area contributed by atoms with E-state index in [0.717, 1.165) is 11.3 Å². The highest BCUT2D eigenvalue weighted by molar-refractivity contribution is 7.91. The van der Waals surface area contributed by atoms with Gasteiger partial charge in [-0.15, -0.1) is 0 Å². The monoisotopic (exact) mass is 301 g/mol. The lowest BCUT2D eigenvalue weighted by molar-refractivity contribution is 0.598. The van der Waals surface area contributed by atoms with E-state index in [1.165, 1.54) is 5.56 Å². The first-order chi connectivity index (χ1) is 9.97. The quantitative estimate of drug-likeness (QED) is 0.939. The SMILES string of the molecule is CC(C)c1ccc(NC2CS(=O)(=O)c3ccccc32)cc1. The Kier molecular flexibility index (Phi) is 3.49. The van der Waals surface area contributed by atoms with Crippen molar-refractivity contribution in [1.29, 1.82) is 0 Å². The van der Waals surface area contributed by atoms with Crippen molar-refractivity contribution in [2.75, 3.05) is 11.1 Å². The molecular weight excluding hydrogens is 282 g/mol. The largest absolute Gasteiger partial charge is 0.377 e. The number of sulfone groups is 1. The van der Waals surface area contributed by atoms with E-state index in [0.29, 0.717) is 10.8 Å². The zero-order valence-corrected chi connectivity index (χ0v) is 13.0. The van der Waals surface area contributed by atoms with E-state index >= 15 is 0 Å². The Labute approximate surface area is 125 Å². The van der Waals surface area contributed by atoms with Gasteiger partial charge in [0.15, 0.2) is 9.84 Å². The summed E-state index contributed by atoms with van der Waals surface area (Å²) in [6.45, 7) is 4.31. The van der Waals surface area contributed by atoms with Crippen LogP contribution in [0.1, 0.15) is 36.9 Å². The number of fused-ring (bicyclic) bond motifs is 1. The molecule has 2 aromatic carbocycles. The van der Waals surface area contributed by atoms with E-state index in [-0.39, 0.29) is 11.8 Å². The maximum Gasteiger partial charge on any atom is 0.181 e. The van der Waals surface area contributed by atoms with Crippen LogP contribution in [0.3, 0.4) is 0 Å². The number of anilines is 1. The molecule has 0 saturated carbocycles. The maximum absolute atomic E-state index is 12.2. The zero-order valence-electron chi connectivity index (χ0n) is 12.2. The Morgan fingerprint density at radius 3 is 2.38 bits per heavy atom. The smallest absolute Gasteiger partial charge is 0.181 e. The van der Waals surface area contributed by atoms with Gasteiger partial charge in [-0.05, 0) is 35.2 Å². The first-order valence-electron chi connectivity index (χ1n) is 7.15. The van der Waals surface area contributed by atoms with Crippen molar-refractivity contribution in [2.24, 2.45) is 0 Å². The van der Waals surface area contributed by atoms with E-state index < -0.39 is 9.84 Å². The van der Waals surface area contributed by atoms with Gasteiger partial charge < -0.3 is 5.32 Å². The third-order valence-corrected chi connectivity index (χ3v) is 5.75. The second-order valence-electron chi connectivity index (χ2n) is 5.79. The molecule has 1 N–H and O–H groups in total. The van der Waals surface area contributed by atoms with E-state index in [1.54, 1.807) is 12.1 Å².